The molecule has 0 aliphatic heterocycles. The molecule has 5 heteroatoms. The number of benzene rings is 1. The Bertz CT molecular complexity index is 491. The van der Waals surface area contributed by atoms with Gasteiger partial charge in [-0.1, -0.05) is 29.8 Å². The maximum Gasteiger partial charge on any atom is 0.323 e. The van der Waals surface area contributed by atoms with Gasteiger partial charge in [-0.05, 0) is 24.6 Å². The number of allylic oxidation sites excluding steroid dienone is 1. The molecule has 1 unspecified atom stereocenters. The Hall–Kier alpha value is -1.81. The number of esters is 2. The highest BCUT2D eigenvalue weighted by Gasteiger charge is 2.49. The molecule has 4 nitrogen and oxygen atoms in total. The minimum atomic E-state index is -1.50. The Balaban J connectivity index is 3.35. The summed E-state index contributed by atoms with van der Waals surface area (Å²) >= 11 is 5.84. The summed E-state index contributed by atoms with van der Waals surface area (Å²) in [6, 6.07) is 6.84. The van der Waals surface area contributed by atoms with Crippen LogP contribution >= 0.6 is 11.6 Å². The molecule has 0 fully saturated rings. The van der Waals surface area contributed by atoms with E-state index in [4.69, 9.17) is 21.1 Å². The van der Waals surface area contributed by atoms with Gasteiger partial charge in [0.05, 0.1) is 14.2 Å². The van der Waals surface area contributed by atoms with Gasteiger partial charge in [-0.3, -0.25) is 9.59 Å². The zero-order valence-electron chi connectivity index (χ0n) is 11.7. The van der Waals surface area contributed by atoms with Crippen molar-refractivity contribution < 1.29 is 19.1 Å². The van der Waals surface area contributed by atoms with E-state index in [2.05, 4.69) is 6.58 Å². The number of halogens is 1. The van der Waals surface area contributed by atoms with E-state index in [1.54, 1.807) is 24.3 Å². The van der Waals surface area contributed by atoms with Gasteiger partial charge in [-0.25, -0.2) is 0 Å². The Morgan fingerprint density at radius 1 is 1.20 bits per heavy atom. The Labute approximate surface area is 123 Å². The molecule has 1 aromatic carbocycles. The van der Waals surface area contributed by atoms with Crippen molar-refractivity contribution in [3.05, 3.63) is 47.5 Å². The summed E-state index contributed by atoms with van der Waals surface area (Å²) in [5.41, 5.74) is -0.776. The SMILES string of the molecule is C=CC(c1ccc(Cl)cc1)C(C)(C(=O)OC)C(=O)OC. The maximum absolute atomic E-state index is 12.1. The van der Waals surface area contributed by atoms with Crippen LogP contribution in [0, 0.1) is 5.41 Å². The molecule has 1 aromatic rings. The van der Waals surface area contributed by atoms with Crippen LogP contribution in [0.5, 0.6) is 0 Å². The third kappa shape index (κ3) is 2.85. The van der Waals surface area contributed by atoms with E-state index in [1.807, 2.05) is 0 Å². The second-order valence-electron chi connectivity index (χ2n) is 4.45. The summed E-state index contributed by atoms with van der Waals surface area (Å²) in [5, 5.41) is 0.564. The van der Waals surface area contributed by atoms with Crippen LogP contribution in [-0.4, -0.2) is 26.2 Å². The van der Waals surface area contributed by atoms with Crippen molar-refractivity contribution in [1.29, 1.82) is 0 Å². The molecule has 0 radical (unpaired) electrons. The molecule has 0 saturated heterocycles. The molecule has 0 saturated carbocycles. The first-order chi connectivity index (χ1) is 9.41. The van der Waals surface area contributed by atoms with E-state index in [9.17, 15) is 9.59 Å². The quantitative estimate of drug-likeness (QED) is 0.476. The van der Waals surface area contributed by atoms with Gasteiger partial charge >= 0.3 is 11.9 Å². The number of carbonyl (C=O) groups excluding carboxylic acids is 2. The summed E-state index contributed by atoms with van der Waals surface area (Å²) in [5.74, 6) is -1.94. The van der Waals surface area contributed by atoms with Crippen LogP contribution in [0.2, 0.25) is 5.02 Å². The van der Waals surface area contributed by atoms with Crippen molar-refractivity contribution in [1.82, 2.24) is 0 Å². The lowest BCUT2D eigenvalue weighted by Gasteiger charge is -2.30. The molecule has 20 heavy (non-hydrogen) atoms. The summed E-state index contributed by atoms with van der Waals surface area (Å²) in [7, 11) is 2.46. The highest BCUT2D eigenvalue weighted by molar-refractivity contribution is 6.30. The highest BCUT2D eigenvalue weighted by Crippen LogP contribution is 2.39. The maximum atomic E-state index is 12.1. The smallest absolute Gasteiger partial charge is 0.323 e. The number of rotatable bonds is 5. The minimum Gasteiger partial charge on any atom is -0.468 e. The minimum absolute atomic E-state index is 0.564. The highest BCUT2D eigenvalue weighted by atomic mass is 35.5. The fourth-order valence-electron chi connectivity index (χ4n) is 2.14. The predicted molar refractivity (Wildman–Crippen MR) is 76.5 cm³/mol. The second kappa shape index (κ2) is 6.57. The molecular weight excluding hydrogens is 280 g/mol. The fourth-order valence-corrected chi connectivity index (χ4v) is 2.26. The molecule has 0 aliphatic carbocycles. The third-order valence-corrected chi connectivity index (χ3v) is 3.56. The van der Waals surface area contributed by atoms with Crippen LogP contribution in [0.1, 0.15) is 18.4 Å². The van der Waals surface area contributed by atoms with Gasteiger partial charge in [0.2, 0.25) is 0 Å². The zero-order chi connectivity index (χ0) is 15.3. The van der Waals surface area contributed by atoms with E-state index in [1.165, 1.54) is 27.2 Å². The van der Waals surface area contributed by atoms with Gasteiger partial charge in [0.25, 0.3) is 0 Å². The van der Waals surface area contributed by atoms with Crippen molar-refractivity contribution in [3.8, 4) is 0 Å². The number of methoxy groups -OCH3 is 2. The number of hydrogen-bond donors (Lipinski definition) is 0. The summed E-state index contributed by atoms with van der Waals surface area (Å²) in [4.78, 5) is 24.2. The normalized spacial score (nSPS) is 12.4. The molecule has 1 rings (SSSR count). The number of hydrogen-bond acceptors (Lipinski definition) is 4. The standard InChI is InChI=1S/C15H17ClO4/c1-5-12(10-6-8-11(16)9-7-10)15(2,13(17)19-3)14(18)20-4/h5-9,12H,1H2,2-4H3. The Morgan fingerprint density at radius 2 is 1.65 bits per heavy atom. The third-order valence-electron chi connectivity index (χ3n) is 3.31. The van der Waals surface area contributed by atoms with Gasteiger partial charge in [0.1, 0.15) is 0 Å². The molecule has 0 amide bonds. The van der Waals surface area contributed by atoms with Gasteiger partial charge < -0.3 is 9.47 Å². The number of carbonyl (C=O) groups is 2. The lowest BCUT2D eigenvalue weighted by Crippen LogP contribution is -2.43. The lowest BCUT2D eigenvalue weighted by atomic mass is 9.73. The van der Waals surface area contributed by atoms with E-state index >= 15 is 0 Å². The van der Waals surface area contributed by atoms with Gasteiger partial charge in [-0.2, -0.15) is 0 Å². The van der Waals surface area contributed by atoms with Crippen LogP contribution in [0.4, 0.5) is 0 Å². The Kier molecular flexibility index (Phi) is 5.34. The molecule has 0 heterocycles. The monoisotopic (exact) mass is 296 g/mol. The van der Waals surface area contributed by atoms with E-state index in [0.29, 0.717) is 5.02 Å². The average molecular weight is 297 g/mol. The van der Waals surface area contributed by atoms with Gasteiger partial charge in [0.15, 0.2) is 5.41 Å². The van der Waals surface area contributed by atoms with E-state index in [0.717, 1.165) is 5.56 Å². The molecule has 0 aliphatic rings. The largest absolute Gasteiger partial charge is 0.468 e. The topological polar surface area (TPSA) is 52.6 Å². The number of ether oxygens (including phenoxy) is 2. The van der Waals surface area contributed by atoms with Crippen LogP contribution in [0.3, 0.4) is 0 Å². The van der Waals surface area contributed by atoms with E-state index in [-0.39, 0.29) is 0 Å². The second-order valence-corrected chi connectivity index (χ2v) is 4.89. The lowest BCUT2D eigenvalue weighted by molar-refractivity contribution is -0.168. The molecule has 0 aromatic heterocycles. The molecule has 108 valence electrons. The van der Waals surface area contributed by atoms with Crippen molar-refractivity contribution in [3.63, 3.8) is 0 Å². The molecule has 0 N–H and O–H groups in total. The first-order valence-electron chi connectivity index (χ1n) is 5.96. The van der Waals surface area contributed by atoms with Crippen molar-refractivity contribution in [2.24, 2.45) is 5.41 Å². The van der Waals surface area contributed by atoms with Crippen molar-refractivity contribution in [2.45, 2.75) is 12.8 Å². The van der Waals surface area contributed by atoms with Gasteiger partial charge in [0, 0.05) is 10.9 Å². The van der Waals surface area contributed by atoms with Crippen molar-refractivity contribution in [2.75, 3.05) is 14.2 Å². The summed E-state index contributed by atoms with van der Waals surface area (Å²) in [6.07, 6.45) is 1.52. The molecule has 0 bridgehead atoms. The van der Waals surface area contributed by atoms with Crippen LogP contribution in [0.25, 0.3) is 0 Å². The Morgan fingerprint density at radius 3 is 2.00 bits per heavy atom. The van der Waals surface area contributed by atoms with E-state index < -0.39 is 23.3 Å². The van der Waals surface area contributed by atoms with Crippen LogP contribution < -0.4 is 0 Å². The summed E-state index contributed by atoms with van der Waals surface area (Å²) < 4.78 is 9.51. The van der Waals surface area contributed by atoms with Crippen LogP contribution in [0.15, 0.2) is 36.9 Å². The first-order valence-corrected chi connectivity index (χ1v) is 6.34. The molecule has 0 spiro atoms. The summed E-state index contributed by atoms with van der Waals surface area (Å²) in [6.45, 7) is 5.19. The van der Waals surface area contributed by atoms with Gasteiger partial charge in [-0.15, -0.1) is 6.58 Å². The van der Waals surface area contributed by atoms with Crippen LogP contribution in [-0.2, 0) is 19.1 Å². The fraction of sp³-hybridized carbons (Fsp3) is 0.333. The zero-order valence-corrected chi connectivity index (χ0v) is 12.4. The molecular formula is C15H17ClO4. The first kappa shape index (κ1) is 16.2. The van der Waals surface area contributed by atoms with Crippen molar-refractivity contribution >= 4 is 23.5 Å². The predicted octanol–water partition coefficient (Wildman–Crippen LogP) is 2.96. The molecule has 1 atom stereocenters. The average Bonchev–Trinajstić information content (AvgIpc) is 2.47.